The number of aliphatic imine (C=N–C) groups is 1. The second-order valence-electron chi connectivity index (χ2n) is 7.25. The van der Waals surface area contributed by atoms with E-state index in [-0.39, 0.29) is 11.6 Å². The molecular formula is C25H16ClI2NO5. The molecule has 0 aromatic heterocycles. The molecule has 1 heterocycles. The fraction of sp³-hybridized carbons (Fsp3) is 0.0800. The number of hydrogen-bond donors (Lipinski definition) is 0. The molecule has 1 aliphatic heterocycles. The minimum atomic E-state index is -0.589. The summed E-state index contributed by atoms with van der Waals surface area (Å²) in [5.74, 6) is -0.301. The van der Waals surface area contributed by atoms with Crippen LogP contribution in [0.25, 0.3) is 6.08 Å². The molecule has 4 rings (SSSR count). The van der Waals surface area contributed by atoms with Gasteiger partial charge in [-0.1, -0.05) is 29.3 Å². The van der Waals surface area contributed by atoms with Gasteiger partial charge in [-0.25, -0.2) is 14.6 Å². The monoisotopic (exact) mass is 699 g/mol. The third-order valence-corrected chi connectivity index (χ3v) is 6.58. The molecule has 0 saturated heterocycles. The van der Waals surface area contributed by atoms with Crippen molar-refractivity contribution in [2.24, 2.45) is 4.99 Å². The van der Waals surface area contributed by atoms with Gasteiger partial charge in [-0.2, -0.15) is 0 Å². The highest BCUT2D eigenvalue weighted by atomic mass is 127. The summed E-state index contributed by atoms with van der Waals surface area (Å²) in [4.78, 5) is 29.4. The van der Waals surface area contributed by atoms with Gasteiger partial charge in [-0.05, 0) is 106 Å². The van der Waals surface area contributed by atoms with Crippen LogP contribution < -0.4 is 9.47 Å². The van der Waals surface area contributed by atoms with Gasteiger partial charge in [0.05, 0.1) is 26.8 Å². The molecule has 0 atom stereocenters. The molecule has 0 spiro atoms. The van der Waals surface area contributed by atoms with Crippen LogP contribution in [-0.2, 0) is 9.53 Å². The number of esters is 2. The van der Waals surface area contributed by atoms with Crippen molar-refractivity contribution < 1.29 is 23.8 Å². The molecule has 0 bridgehead atoms. The maximum atomic E-state index is 12.6. The quantitative estimate of drug-likeness (QED) is 0.133. The Hall–Kier alpha value is -2.44. The Labute approximate surface area is 228 Å². The molecule has 34 heavy (non-hydrogen) atoms. The summed E-state index contributed by atoms with van der Waals surface area (Å²) in [7, 11) is 1.48. The third kappa shape index (κ3) is 5.44. The fourth-order valence-corrected chi connectivity index (χ4v) is 4.61. The van der Waals surface area contributed by atoms with E-state index in [4.69, 9.17) is 25.8 Å². The first-order valence-electron chi connectivity index (χ1n) is 9.89. The smallest absolute Gasteiger partial charge is 0.363 e. The number of ether oxygens (including phenoxy) is 3. The van der Waals surface area contributed by atoms with Crippen LogP contribution in [0.3, 0.4) is 0 Å². The fourth-order valence-electron chi connectivity index (χ4n) is 3.19. The lowest BCUT2D eigenvalue weighted by Gasteiger charge is -2.12. The van der Waals surface area contributed by atoms with Crippen LogP contribution in [-0.4, -0.2) is 24.9 Å². The number of nitrogens with zero attached hydrogens (tertiary/aromatic N) is 1. The van der Waals surface area contributed by atoms with E-state index in [2.05, 4.69) is 50.2 Å². The number of cyclic esters (lactones) is 1. The van der Waals surface area contributed by atoms with E-state index in [9.17, 15) is 9.59 Å². The molecule has 172 valence electrons. The van der Waals surface area contributed by atoms with Crippen LogP contribution in [0.2, 0.25) is 5.02 Å². The average Bonchev–Trinajstić information content (AvgIpc) is 3.16. The first-order chi connectivity index (χ1) is 16.2. The van der Waals surface area contributed by atoms with Crippen LogP contribution in [0.15, 0.2) is 65.3 Å². The topological polar surface area (TPSA) is 74.2 Å². The van der Waals surface area contributed by atoms with Gasteiger partial charge >= 0.3 is 11.9 Å². The summed E-state index contributed by atoms with van der Waals surface area (Å²) in [5, 5.41) is 0.434. The van der Waals surface area contributed by atoms with Gasteiger partial charge in [0.25, 0.3) is 0 Å². The zero-order valence-corrected chi connectivity index (χ0v) is 23.0. The van der Waals surface area contributed by atoms with E-state index >= 15 is 0 Å². The molecule has 1 aliphatic rings. The second kappa shape index (κ2) is 10.4. The third-order valence-electron chi connectivity index (χ3n) is 4.78. The van der Waals surface area contributed by atoms with Crippen molar-refractivity contribution in [2.75, 3.05) is 7.11 Å². The lowest BCUT2D eigenvalue weighted by Crippen LogP contribution is -2.10. The van der Waals surface area contributed by atoms with E-state index in [1.807, 2.05) is 19.1 Å². The van der Waals surface area contributed by atoms with Crippen LogP contribution >= 0.6 is 56.8 Å². The van der Waals surface area contributed by atoms with Gasteiger partial charge in [0.2, 0.25) is 5.90 Å². The number of rotatable bonds is 5. The van der Waals surface area contributed by atoms with Crippen LogP contribution in [0.5, 0.6) is 11.5 Å². The Morgan fingerprint density at radius 1 is 1.12 bits per heavy atom. The number of carbonyl (C=O) groups excluding carboxylic acids is 2. The molecular weight excluding hydrogens is 684 g/mol. The van der Waals surface area contributed by atoms with E-state index in [1.165, 1.54) is 7.11 Å². The largest absolute Gasteiger partial charge is 0.493 e. The summed E-state index contributed by atoms with van der Waals surface area (Å²) in [6.07, 6.45) is 1.58. The summed E-state index contributed by atoms with van der Waals surface area (Å²) in [6.45, 7) is 1.90. The number of hydrogen-bond acceptors (Lipinski definition) is 6. The summed E-state index contributed by atoms with van der Waals surface area (Å²) < 4.78 is 18.0. The van der Waals surface area contributed by atoms with Gasteiger partial charge in [-0.3, -0.25) is 0 Å². The Morgan fingerprint density at radius 3 is 2.65 bits per heavy atom. The molecule has 0 N–H and O–H groups in total. The van der Waals surface area contributed by atoms with E-state index in [0.29, 0.717) is 36.8 Å². The van der Waals surface area contributed by atoms with Crippen LogP contribution in [0.1, 0.15) is 27.0 Å². The Morgan fingerprint density at radius 2 is 1.91 bits per heavy atom. The molecule has 0 aliphatic carbocycles. The highest BCUT2D eigenvalue weighted by molar-refractivity contribution is 14.1. The van der Waals surface area contributed by atoms with E-state index in [1.54, 1.807) is 48.5 Å². The molecule has 0 unspecified atom stereocenters. The average molecular weight is 700 g/mol. The van der Waals surface area contributed by atoms with Crippen molar-refractivity contribution >= 4 is 80.7 Å². The lowest BCUT2D eigenvalue weighted by molar-refractivity contribution is -0.129. The SMILES string of the molecule is COc1cc(/C=C2\N=C(c3cc(I)ccc3Cl)OC2=O)cc(I)c1OC(=O)c1cccc(C)c1. The highest BCUT2D eigenvalue weighted by Gasteiger charge is 2.26. The summed E-state index contributed by atoms with van der Waals surface area (Å²) in [6, 6.07) is 15.9. The maximum Gasteiger partial charge on any atom is 0.363 e. The van der Waals surface area contributed by atoms with Crippen molar-refractivity contribution in [1.82, 2.24) is 0 Å². The number of benzene rings is 3. The van der Waals surface area contributed by atoms with Crippen molar-refractivity contribution in [1.29, 1.82) is 0 Å². The first-order valence-corrected chi connectivity index (χ1v) is 12.4. The minimum Gasteiger partial charge on any atom is -0.493 e. The predicted molar refractivity (Wildman–Crippen MR) is 147 cm³/mol. The Kier molecular flexibility index (Phi) is 7.58. The molecule has 0 radical (unpaired) electrons. The van der Waals surface area contributed by atoms with Gasteiger partial charge < -0.3 is 14.2 Å². The maximum absolute atomic E-state index is 12.6. The number of halogens is 3. The van der Waals surface area contributed by atoms with E-state index < -0.39 is 11.9 Å². The van der Waals surface area contributed by atoms with Gasteiger partial charge in [0.15, 0.2) is 17.2 Å². The second-order valence-corrected chi connectivity index (χ2v) is 10.1. The number of methoxy groups -OCH3 is 1. The minimum absolute atomic E-state index is 0.118. The molecule has 0 saturated carbocycles. The van der Waals surface area contributed by atoms with Crippen molar-refractivity contribution in [3.8, 4) is 11.5 Å². The molecule has 3 aromatic carbocycles. The molecule has 3 aromatic rings. The molecule has 0 fully saturated rings. The Balaban J connectivity index is 1.65. The van der Waals surface area contributed by atoms with Crippen molar-refractivity contribution in [2.45, 2.75) is 6.92 Å². The number of carbonyl (C=O) groups is 2. The summed E-state index contributed by atoms with van der Waals surface area (Å²) >= 11 is 10.4. The van der Waals surface area contributed by atoms with Gasteiger partial charge in [0, 0.05) is 3.57 Å². The van der Waals surface area contributed by atoms with E-state index in [0.717, 1.165) is 9.13 Å². The van der Waals surface area contributed by atoms with Gasteiger partial charge in [-0.15, -0.1) is 0 Å². The molecule has 0 amide bonds. The first kappa shape index (κ1) is 24.7. The Bertz CT molecular complexity index is 1380. The zero-order chi connectivity index (χ0) is 24.4. The standard InChI is InChI=1S/C25H16ClI2NO5/c1-13-4-3-5-15(8-13)24(30)33-22-19(28)9-14(11-21(22)32-2)10-20-25(31)34-23(29-20)17-12-16(27)6-7-18(17)26/h3-12H,1-2H3/b20-10-. The predicted octanol–water partition coefficient (Wildman–Crippen LogP) is 6.43. The normalized spacial score (nSPS) is 14.1. The number of aryl methyl sites for hydroxylation is 1. The van der Waals surface area contributed by atoms with Gasteiger partial charge in [0.1, 0.15) is 0 Å². The zero-order valence-electron chi connectivity index (χ0n) is 17.9. The highest BCUT2D eigenvalue weighted by Crippen LogP contribution is 2.36. The molecule has 6 nitrogen and oxygen atoms in total. The molecule has 9 heteroatoms. The van der Waals surface area contributed by atoms with Crippen LogP contribution in [0.4, 0.5) is 0 Å². The van der Waals surface area contributed by atoms with Crippen LogP contribution in [0, 0.1) is 14.1 Å². The van der Waals surface area contributed by atoms with Crippen molar-refractivity contribution in [3.05, 3.63) is 94.7 Å². The lowest BCUT2D eigenvalue weighted by atomic mass is 10.1. The summed E-state index contributed by atoms with van der Waals surface area (Å²) in [5.41, 5.74) is 2.67. The van der Waals surface area contributed by atoms with Crippen molar-refractivity contribution in [3.63, 3.8) is 0 Å².